The van der Waals surface area contributed by atoms with E-state index in [0.717, 1.165) is 25.7 Å². The zero-order chi connectivity index (χ0) is 26.7. The second kappa shape index (κ2) is 18.9. The van der Waals surface area contributed by atoms with E-state index in [1.165, 1.54) is 69.2 Å². The summed E-state index contributed by atoms with van der Waals surface area (Å²) >= 11 is 0. The summed E-state index contributed by atoms with van der Waals surface area (Å²) < 4.78 is 31.2. The Morgan fingerprint density at radius 2 is 1.14 bits per heavy atom. The third-order valence-electron chi connectivity index (χ3n) is 6.87. The third-order valence-corrected chi connectivity index (χ3v) is 12.7. The molecular weight excluding hydrogens is 483 g/mol. The van der Waals surface area contributed by atoms with Gasteiger partial charge in [-0.1, -0.05) is 115 Å². The minimum absolute atomic E-state index is 0.0477. The van der Waals surface area contributed by atoms with Crippen molar-refractivity contribution in [1.82, 2.24) is 0 Å². The number of hydrogen-bond donors (Lipinski definition) is 1. The SMILES string of the molecule is CCCCCCc1ccccc1S(=O)(=O)O.CCCC[P+](CCCC)(CCCC)Cc1ccccc1. The van der Waals surface area contributed by atoms with Crippen LogP contribution in [0.5, 0.6) is 0 Å². The molecular formula is C31H52O3PS+. The molecule has 0 saturated carbocycles. The number of benzene rings is 2. The first-order valence-electron chi connectivity index (χ1n) is 14.3. The summed E-state index contributed by atoms with van der Waals surface area (Å²) in [5.41, 5.74) is 2.30. The minimum Gasteiger partial charge on any atom is -0.282 e. The van der Waals surface area contributed by atoms with Crippen LogP contribution in [0.15, 0.2) is 59.5 Å². The highest BCUT2D eigenvalue weighted by Crippen LogP contribution is 2.63. The zero-order valence-electron chi connectivity index (χ0n) is 23.4. The van der Waals surface area contributed by atoms with Gasteiger partial charge in [-0.3, -0.25) is 4.55 Å². The van der Waals surface area contributed by atoms with E-state index < -0.39 is 17.4 Å². The lowest BCUT2D eigenvalue weighted by Crippen LogP contribution is -2.11. The average molecular weight is 536 g/mol. The van der Waals surface area contributed by atoms with Gasteiger partial charge >= 0.3 is 0 Å². The molecule has 0 saturated heterocycles. The van der Waals surface area contributed by atoms with Crippen molar-refractivity contribution in [1.29, 1.82) is 0 Å². The molecule has 0 amide bonds. The smallest absolute Gasteiger partial charge is 0.282 e. The molecule has 2 rings (SSSR count). The lowest BCUT2D eigenvalue weighted by molar-refractivity contribution is 0.481. The van der Waals surface area contributed by atoms with Gasteiger partial charge in [0, 0.05) is 7.26 Å². The molecule has 36 heavy (non-hydrogen) atoms. The van der Waals surface area contributed by atoms with Crippen LogP contribution in [0.4, 0.5) is 0 Å². The highest BCUT2D eigenvalue weighted by Gasteiger charge is 2.35. The van der Waals surface area contributed by atoms with Crippen LogP contribution in [0.25, 0.3) is 0 Å². The van der Waals surface area contributed by atoms with Gasteiger partial charge in [0.25, 0.3) is 10.1 Å². The molecule has 0 aliphatic rings. The molecule has 0 radical (unpaired) electrons. The van der Waals surface area contributed by atoms with E-state index in [-0.39, 0.29) is 4.90 Å². The van der Waals surface area contributed by atoms with Crippen molar-refractivity contribution in [2.45, 2.75) is 109 Å². The summed E-state index contributed by atoms with van der Waals surface area (Å²) in [6, 6.07) is 17.9. The Hall–Kier alpha value is -1.22. The van der Waals surface area contributed by atoms with Gasteiger partial charge < -0.3 is 0 Å². The van der Waals surface area contributed by atoms with Crippen LogP contribution in [0.3, 0.4) is 0 Å². The highest BCUT2D eigenvalue weighted by molar-refractivity contribution is 7.85. The van der Waals surface area contributed by atoms with Gasteiger partial charge in [-0.15, -0.1) is 0 Å². The molecule has 2 aromatic carbocycles. The van der Waals surface area contributed by atoms with Crippen molar-refractivity contribution in [3.63, 3.8) is 0 Å². The predicted molar refractivity (Wildman–Crippen MR) is 160 cm³/mol. The molecule has 0 bridgehead atoms. The monoisotopic (exact) mass is 535 g/mol. The van der Waals surface area contributed by atoms with Gasteiger partial charge in [0.15, 0.2) is 0 Å². The van der Waals surface area contributed by atoms with Crippen molar-refractivity contribution in [3.05, 3.63) is 65.7 Å². The Balaban J connectivity index is 0.000000369. The van der Waals surface area contributed by atoms with E-state index in [9.17, 15) is 8.42 Å². The number of hydrogen-bond acceptors (Lipinski definition) is 2. The molecule has 0 unspecified atom stereocenters. The van der Waals surface area contributed by atoms with Gasteiger partial charge in [-0.2, -0.15) is 8.42 Å². The van der Waals surface area contributed by atoms with Crippen molar-refractivity contribution >= 4 is 17.4 Å². The van der Waals surface area contributed by atoms with Crippen molar-refractivity contribution in [2.24, 2.45) is 0 Å². The Bertz CT molecular complexity index is 891. The average Bonchev–Trinajstić information content (AvgIpc) is 2.88. The molecule has 3 nitrogen and oxygen atoms in total. The van der Waals surface area contributed by atoms with Crippen LogP contribution in [-0.2, 0) is 22.7 Å². The molecule has 204 valence electrons. The molecule has 0 aliphatic carbocycles. The first-order valence-corrected chi connectivity index (χ1v) is 18.2. The van der Waals surface area contributed by atoms with Crippen LogP contribution >= 0.6 is 7.26 Å². The molecule has 2 aromatic rings. The molecule has 0 atom stereocenters. The predicted octanol–water partition coefficient (Wildman–Crippen LogP) is 9.66. The molecule has 0 fully saturated rings. The summed E-state index contributed by atoms with van der Waals surface area (Å²) in [7, 11) is -4.84. The fourth-order valence-electron chi connectivity index (χ4n) is 4.73. The van der Waals surface area contributed by atoms with E-state index in [0.29, 0.717) is 12.0 Å². The fraction of sp³-hybridized carbons (Fsp3) is 0.613. The van der Waals surface area contributed by atoms with Crippen molar-refractivity contribution in [2.75, 3.05) is 18.5 Å². The van der Waals surface area contributed by atoms with Gasteiger partial charge in [-0.25, -0.2) is 0 Å². The van der Waals surface area contributed by atoms with Crippen molar-refractivity contribution < 1.29 is 13.0 Å². The van der Waals surface area contributed by atoms with Crippen molar-refractivity contribution in [3.8, 4) is 0 Å². The van der Waals surface area contributed by atoms with Gasteiger partial charge in [0.05, 0.1) is 29.5 Å². The van der Waals surface area contributed by atoms with Crippen LogP contribution in [0.1, 0.15) is 103 Å². The standard InChI is InChI=1S/C19H34P.C12H18O3S/c1-4-7-15-20(16-8-5-2,17-9-6-3)18-19-13-11-10-12-14-19;1-2-3-4-5-8-11-9-6-7-10-12(11)16(13,14)15/h10-14H,4-9,15-18H2,1-3H3;6-7,9-10H,2-5,8H2,1H3,(H,13,14,15)/q+1;. The Morgan fingerprint density at radius 1 is 0.639 bits per heavy atom. The maximum absolute atomic E-state index is 11.1. The van der Waals surface area contributed by atoms with E-state index in [1.807, 2.05) is 0 Å². The molecule has 0 aromatic heterocycles. The lowest BCUT2D eigenvalue weighted by Gasteiger charge is -2.28. The molecule has 0 spiro atoms. The Morgan fingerprint density at radius 3 is 1.64 bits per heavy atom. The largest absolute Gasteiger partial charge is 0.294 e. The van der Waals surface area contributed by atoms with Gasteiger partial charge in [0.2, 0.25) is 0 Å². The molecule has 0 aliphatic heterocycles. The summed E-state index contributed by atoms with van der Waals surface area (Å²) in [5.74, 6) is 0. The quantitative estimate of drug-likeness (QED) is 0.125. The lowest BCUT2D eigenvalue weighted by atomic mass is 10.1. The van der Waals surface area contributed by atoms with E-state index in [2.05, 4.69) is 58.0 Å². The van der Waals surface area contributed by atoms with Crippen LogP contribution in [0.2, 0.25) is 0 Å². The van der Waals surface area contributed by atoms with Crippen LogP contribution in [-0.4, -0.2) is 31.5 Å². The second-order valence-electron chi connectivity index (χ2n) is 10.1. The third kappa shape index (κ3) is 13.4. The topological polar surface area (TPSA) is 54.4 Å². The second-order valence-corrected chi connectivity index (χ2v) is 15.8. The normalized spacial score (nSPS) is 11.7. The highest BCUT2D eigenvalue weighted by atomic mass is 32.2. The van der Waals surface area contributed by atoms with Crippen LogP contribution < -0.4 is 0 Å². The summed E-state index contributed by atoms with van der Waals surface area (Å²) in [5, 5.41) is 0. The fourth-order valence-corrected chi connectivity index (χ4v) is 10.6. The molecule has 5 heteroatoms. The van der Waals surface area contributed by atoms with Gasteiger partial charge in [-0.05, 0) is 49.3 Å². The number of rotatable bonds is 17. The molecule has 1 N–H and O–H groups in total. The number of unbranched alkanes of at least 4 members (excludes halogenated alkanes) is 6. The Kier molecular flexibility index (Phi) is 17.3. The zero-order valence-corrected chi connectivity index (χ0v) is 25.1. The summed E-state index contributed by atoms with van der Waals surface area (Å²) in [6.07, 6.45) is 19.4. The minimum atomic E-state index is -4.08. The summed E-state index contributed by atoms with van der Waals surface area (Å²) in [4.78, 5) is 0.0477. The Labute approximate surface area is 223 Å². The van der Waals surface area contributed by atoms with E-state index in [4.69, 9.17) is 4.55 Å². The molecule has 0 heterocycles. The first kappa shape index (κ1) is 32.8. The van der Waals surface area contributed by atoms with E-state index >= 15 is 0 Å². The maximum atomic E-state index is 11.1. The van der Waals surface area contributed by atoms with Gasteiger partial charge in [0.1, 0.15) is 0 Å². The number of aryl methyl sites for hydroxylation is 1. The maximum Gasteiger partial charge on any atom is 0.294 e. The van der Waals surface area contributed by atoms with E-state index in [1.54, 1.807) is 23.8 Å². The summed E-state index contributed by atoms with van der Waals surface area (Å²) in [6.45, 7) is 9.16. The van der Waals surface area contributed by atoms with Crippen LogP contribution in [0, 0.1) is 0 Å². The first-order chi connectivity index (χ1) is 17.3.